The molecular weight excluding hydrogens is 543 g/mol. The van der Waals surface area contributed by atoms with Gasteiger partial charge in [0.2, 0.25) is 0 Å². The average molecular weight is 575 g/mol. The number of Topliss-reactive ketones (excluding diaryl/α,β-unsaturated/α-hetero) is 1. The fourth-order valence-corrected chi connectivity index (χ4v) is 5.31. The molecule has 1 N–H and O–H groups in total. The van der Waals surface area contributed by atoms with Crippen LogP contribution in [-0.2, 0) is 28.9 Å². The van der Waals surface area contributed by atoms with Crippen molar-refractivity contribution in [2.45, 2.75) is 39.7 Å². The summed E-state index contributed by atoms with van der Waals surface area (Å²) in [5.74, 6) is 0.595. The number of ether oxygens (including phenoxy) is 2. The van der Waals surface area contributed by atoms with E-state index < -0.39 is 5.82 Å². The molecule has 0 fully saturated rings. The molecule has 0 unspecified atom stereocenters. The van der Waals surface area contributed by atoms with Gasteiger partial charge in [-0.05, 0) is 48.7 Å². The smallest absolute Gasteiger partial charge is 0.166 e. The van der Waals surface area contributed by atoms with Crippen LogP contribution in [0.2, 0.25) is 0 Å². The van der Waals surface area contributed by atoms with Crippen molar-refractivity contribution in [3.8, 4) is 22.1 Å². The highest BCUT2D eigenvalue weighted by Gasteiger charge is 2.15. The van der Waals surface area contributed by atoms with Crippen LogP contribution in [-0.4, -0.2) is 40.7 Å². The number of carbonyl (C=O) groups excluding carboxylic acids is 1. The van der Waals surface area contributed by atoms with Crippen molar-refractivity contribution in [3.05, 3.63) is 89.3 Å². The molecule has 10 heteroatoms. The van der Waals surface area contributed by atoms with Crippen LogP contribution < -0.4 is 10.1 Å². The van der Waals surface area contributed by atoms with E-state index in [9.17, 15) is 9.18 Å². The molecule has 212 valence electrons. The number of thiophene rings is 1. The maximum Gasteiger partial charge on any atom is 0.166 e. The van der Waals surface area contributed by atoms with Gasteiger partial charge in [-0.15, -0.1) is 11.3 Å². The topological polar surface area (TPSA) is 99.4 Å². The zero-order chi connectivity index (χ0) is 28.6. The minimum absolute atomic E-state index is 0.0749. The zero-order valence-corrected chi connectivity index (χ0v) is 23.8. The van der Waals surface area contributed by atoms with Crippen molar-refractivity contribution in [1.82, 2.24) is 20.4 Å². The first-order chi connectivity index (χ1) is 20.0. The third-order valence-corrected chi connectivity index (χ3v) is 7.39. The second kappa shape index (κ2) is 13.6. The Morgan fingerprint density at radius 1 is 1.02 bits per heavy atom. The van der Waals surface area contributed by atoms with Crippen LogP contribution in [0.4, 0.5) is 4.39 Å². The first-order valence-electron chi connectivity index (χ1n) is 13.5. The van der Waals surface area contributed by atoms with Crippen LogP contribution in [0, 0.1) is 12.7 Å². The Morgan fingerprint density at radius 2 is 1.90 bits per heavy atom. The zero-order valence-electron chi connectivity index (χ0n) is 23.0. The van der Waals surface area contributed by atoms with E-state index in [1.165, 1.54) is 17.4 Å². The maximum atomic E-state index is 15.0. The van der Waals surface area contributed by atoms with E-state index in [0.717, 1.165) is 45.9 Å². The number of hydrogen-bond acceptors (Lipinski definition) is 9. The van der Waals surface area contributed by atoms with Crippen LogP contribution in [0.25, 0.3) is 20.8 Å². The highest BCUT2D eigenvalue weighted by molar-refractivity contribution is 7.22. The number of aryl methyl sites for hydroxylation is 1. The number of carbonyl (C=O) groups is 1. The fourth-order valence-electron chi connectivity index (χ4n) is 4.27. The van der Waals surface area contributed by atoms with Crippen molar-refractivity contribution in [2.75, 3.05) is 19.8 Å². The number of pyridine rings is 2. The van der Waals surface area contributed by atoms with E-state index >= 15 is 0 Å². The predicted molar refractivity (Wildman–Crippen MR) is 156 cm³/mol. The van der Waals surface area contributed by atoms with Crippen molar-refractivity contribution in [1.29, 1.82) is 0 Å². The lowest BCUT2D eigenvalue weighted by molar-refractivity contribution is -0.117. The quantitative estimate of drug-likeness (QED) is 0.151. The number of benzene rings is 1. The lowest BCUT2D eigenvalue weighted by Crippen LogP contribution is -2.19. The maximum absolute atomic E-state index is 15.0. The number of ketones is 1. The molecule has 0 radical (unpaired) electrons. The number of rotatable bonds is 14. The first-order valence-corrected chi connectivity index (χ1v) is 14.3. The molecule has 5 rings (SSSR count). The summed E-state index contributed by atoms with van der Waals surface area (Å²) in [6.07, 6.45) is 4.74. The summed E-state index contributed by atoms with van der Waals surface area (Å²) in [5.41, 5.74) is 3.79. The SMILES string of the molecule is CCCOCCNCc1ccc(-c2cc3nccc(Oc4ccc(CC(=O)Cc5cc(C)on5)cc4F)c3s2)nc1. The van der Waals surface area contributed by atoms with E-state index in [-0.39, 0.29) is 24.4 Å². The lowest BCUT2D eigenvalue weighted by Gasteiger charge is -2.09. The monoisotopic (exact) mass is 574 g/mol. The summed E-state index contributed by atoms with van der Waals surface area (Å²) in [4.78, 5) is 22.4. The number of hydrogen-bond donors (Lipinski definition) is 1. The first kappa shape index (κ1) is 28.5. The average Bonchev–Trinajstić information content (AvgIpc) is 3.59. The third kappa shape index (κ3) is 7.60. The van der Waals surface area contributed by atoms with Crippen LogP contribution >= 0.6 is 11.3 Å². The molecule has 0 spiro atoms. The molecular formula is C31H31FN4O4S. The summed E-state index contributed by atoms with van der Waals surface area (Å²) in [5, 5.41) is 7.20. The second-order valence-electron chi connectivity index (χ2n) is 9.66. The summed E-state index contributed by atoms with van der Waals surface area (Å²) < 4.78 is 32.3. The Morgan fingerprint density at radius 3 is 2.66 bits per heavy atom. The minimum atomic E-state index is -0.544. The molecule has 0 aliphatic heterocycles. The van der Waals surface area contributed by atoms with Gasteiger partial charge in [0.1, 0.15) is 17.3 Å². The van der Waals surface area contributed by atoms with E-state index in [1.54, 1.807) is 37.4 Å². The molecule has 0 saturated heterocycles. The lowest BCUT2D eigenvalue weighted by atomic mass is 10.1. The second-order valence-corrected chi connectivity index (χ2v) is 10.7. The van der Waals surface area contributed by atoms with Gasteiger partial charge in [0, 0.05) is 50.6 Å². The fraction of sp³-hybridized carbons (Fsp3) is 0.290. The molecule has 0 bridgehead atoms. The van der Waals surface area contributed by atoms with Gasteiger partial charge in [0.25, 0.3) is 0 Å². The third-order valence-electron chi connectivity index (χ3n) is 6.23. The molecule has 0 aliphatic rings. The molecule has 41 heavy (non-hydrogen) atoms. The van der Waals surface area contributed by atoms with Crippen molar-refractivity contribution >= 4 is 27.3 Å². The molecule has 0 saturated carbocycles. The Balaban J connectivity index is 1.23. The van der Waals surface area contributed by atoms with E-state index in [1.807, 2.05) is 24.4 Å². The van der Waals surface area contributed by atoms with Crippen LogP contribution in [0.1, 0.15) is 35.9 Å². The van der Waals surface area contributed by atoms with Gasteiger partial charge in [0.15, 0.2) is 11.6 Å². The number of halogens is 1. The predicted octanol–water partition coefficient (Wildman–Crippen LogP) is 6.46. The molecule has 0 aliphatic carbocycles. The molecule has 4 aromatic heterocycles. The van der Waals surface area contributed by atoms with Gasteiger partial charge < -0.3 is 19.3 Å². The van der Waals surface area contributed by atoms with Gasteiger partial charge in [-0.3, -0.25) is 14.8 Å². The van der Waals surface area contributed by atoms with Crippen molar-refractivity contribution in [3.63, 3.8) is 0 Å². The minimum Gasteiger partial charge on any atom is -0.453 e. The van der Waals surface area contributed by atoms with Gasteiger partial charge in [-0.25, -0.2) is 4.39 Å². The van der Waals surface area contributed by atoms with Gasteiger partial charge in [-0.1, -0.05) is 24.2 Å². The largest absolute Gasteiger partial charge is 0.453 e. The summed E-state index contributed by atoms with van der Waals surface area (Å²) >= 11 is 1.49. The molecule has 1 aromatic carbocycles. The van der Waals surface area contributed by atoms with Crippen LogP contribution in [0.5, 0.6) is 11.5 Å². The Kier molecular flexibility index (Phi) is 9.45. The van der Waals surface area contributed by atoms with Crippen molar-refractivity contribution in [2.24, 2.45) is 0 Å². The Bertz CT molecular complexity index is 1620. The highest BCUT2D eigenvalue weighted by Crippen LogP contribution is 2.39. The number of nitrogens with one attached hydrogen (secondary N) is 1. The van der Waals surface area contributed by atoms with Gasteiger partial charge in [-0.2, -0.15) is 0 Å². The normalized spacial score (nSPS) is 11.3. The number of fused-ring (bicyclic) bond motifs is 1. The van der Waals surface area contributed by atoms with E-state index in [4.69, 9.17) is 14.0 Å². The molecule has 0 atom stereocenters. The standard InChI is InChI=1S/C31H31FN4O4S/c1-3-11-38-12-10-33-18-22-4-6-26(35-19-22)30-17-27-31(41-30)29(8-9-34-27)39-28-7-5-21(15-25(28)32)14-24(37)16-23-13-20(2)40-36-23/h4-9,13,15,17,19,33H,3,10-12,14,16,18H2,1-2H3. The molecule has 8 nitrogen and oxygen atoms in total. The van der Waals surface area contributed by atoms with Gasteiger partial charge in [0.05, 0.1) is 39.5 Å². The number of nitrogens with zero attached hydrogens (tertiary/aromatic N) is 3. The van der Waals surface area contributed by atoms with E-state index in [2.05, 4.69) is 27.4 Å². The van der Waals surface area contributed by atoms with Crippen molar-refractivity contribution < 1.29 is 23.2 Å². The van der Waals surface area contributed by atoms with Crippen LogP contribution in [0.15, 0.2) is 65.4 Å². The Hall–Kier alpha value is -3.99. The number of aromatic nitrogens is 3. The highest BCUT2D eigenvalue weighted by atomic mass is 32.1. The van der Waals surface area contributed by atoms with Crippen LogP contribution in [0.3, 0.4) is 0 Å². The molecule has 5 aromatic rings. The molecule has 4 heterocycles. The Labute approximate surface area is 241 Å². The summed E-state index contributed by atoms with van der Waals surface area (Å²) in [7, 11) is 0. The summed E-state index contributed by atoms with van der Waals surface area (Å²) in [6.45, 7) is 6.84. The van der Waals surface area contributed by atoms with Gasteiger partial charge >= 0.3 is 0 Å². The molecule has 0 amide bonds. The van der Waals surface area contributed by atoms with E-state index in [0.29, 0.717) is 35.9 Å². The summed E-state index contributed by atoms with van der Waals surface area (Å²) in [6, 6.07) is 14.0.